The van der Waals surface area contributed by atoms with Crippen molar-refractivity contribution in [2.24, 2.45) is 0 Å². The first-order valence-corrected chi connectivity index (χ1v) is 8.19. The molecule has 0 aliphatic heterocycles. The Morgan fingerprint density at radius 1 is 1.42 bits per heavy atom. The Morgan fingerprint density at radius 3 is 2.79 bits per heavy atom. The van der Waals surface area contributed by atoms with E-state index in [-0.39, 0.29) is 5.75 Å². The third-order valence-electron chi connectivity index (χ3n) is 2.77. The molecule has 2 rings (SSSR count). The number of hydrogen-bond acceptors (Lipinski definition) is 5. The highest BCUT2D eigenvalue weighted by atomic mass is 32.2. The first kappa shape index (κ1) is 13.8. The van der Waals surface area contributed by atoms with Gasteiger partial charge in [-0.3, -0.25) is 0 Å². The summed E-state index contributed by atoms with van der Waals surface area (Å²) in [5.74, 6) is 1.08. The molecule has 0 saturated heterocycles. The van der Waals surface area contributed by atoms with E-state index in [1.165, 1.54) is 6.26 Å². The molecule has 0 amide bonds. The lowest BCUT2D eigenvalue weighted by atomic mass is 10.1. The van der Waals surface area contributed by atoms with Crippen molar-refractivity contribution in [2.45, 2.75) is 19.8 Å². The zero-order chi connectivity index (χ0) is 14.0. The third-order valence-corrected chi connectivity index (χ3v) is 3.71. The predicted molar refractivity (Wildman–Crippen MR) is 75.3 cm³/mol. The fourth-order valence-electron chi connectivity index (χ4n) is 1.71. The Hall–Kier alpha value is -1.63. The molecule has 2 aromatic heterocycles. The number of sulfone groups is 1. The molecule has 0 bridgehead atoms. The average molecular weight is 282 g/mol. The van der Waals surface area contributed by atoms with Crippen molar-refractivity contribution in [2.75, 3.05) is 23.9 Å². The normalized spacial score (nSPS) is 12.2. The van der Waals surface area contributed by atoms with Gasteiger partial charge in [0.15, 0.2) is 5.82 Å². The van der Waals surface area contributed by atoms with Crippen LogP contribution in [-0.4, -0.2) is 41.6 Å². The van der Waals surface area contributed by atoms with Gasteiger partial charge in [-0.15, -0.1) is 0 Å². The first-order chi connectivity index (χ1) is 8.87. The van der Waals surface area contributed by atoms with Crippen molar-refractivity contribution < 1.29 is 8.42 Å². The van der Waals surface area contributed by atoms with E-state index in [2.05, 4.69) is 29.2 Å². The molecule has 0 aliphatic rings. The summed E-state index contributed by atoms with van der Waals surface area (Å²) in [6, 6.07) is 1.97. The number of fused-ring (bicyclic) bond motifs is 1. The molecule has 0 aliphatic carbocycles. The third kappa shape index (κ3) is 3.44. The van der Waals surface area contributed by atoms with Crippen LogP contribution in [0.2, 0.25) is 0 Å². The summed E-state index contributed by atoms with van der Waals surface area (Å²) in [6.07, 6.45) is 4.65. The van der Waals surface area contributed by atoms with Gasteiger partial charge in [0.1, 0.15) is 15.4 Å². The van der Waals surface area contributed by atoms with Gasteiger partial charge in [0.05, 0.1) is 11.4 Å². The number of anilines is 1. The molecule has 2 aromatic rings. The molecular formula is C12H18N4O2S. The second-order valence-corrected chi connectivity index (χ2v) is 7.15. The van der Waals surface area contributed by atoms with E-state index >= 15 is 0 Å². The highest BCUT2D eigenvalue weighted by Gasteiger charge is 2.10. The van der Waals surface area contributed by atoms with Gasteiger partial charge in [0.2, 0.25) is 0 Å². The summed E-state index contributed by atoms with van der Waals surface area (Å²) in [4.78, 5) is 4.23. The van der Waals surface area contributed by atoms with Crippen molar-refractivity contribution in [1.29, 1.82) is 0 Å². The van der Waals surface area contributed by atoms with E-state index < -0.39 is 9.84 Å². The Balaban J connectivity index is 2.23. The average Bonchev–Trinajstić information content (AvgIpc) is 2.72. The van der Waals surface area contributed by atoms with Crippen LogP contribution in [0.1, 0.15) is 25.5 Å². The van der Waals surface area contributed by atoms with Gasteiger partial charge in [-0.05, 0) is 12.0 Å². The van der Waals surface area contributed by atoms with Crippen molar-refractivity contribution in [3.05, 3.63) is 24.2 Å². The van der Waals surface area contributed by atoms with Gasteiger partial charge in [-0.1, -0.05) is 13.8 Å². The standard InChI is InChI=1S/C12H18N4O2S/c1-9(2)10-8-11-12(13-4-6-16(11)15-10)14-5-7-19(3,17)18/h4,6,8-9H,5,7H2,1-3H3,(H,13,14). The summed E-state index contributed by atoms with van der Waals surface area (Å²) in [5.41, 5.74) is 1.85. The molecule has 0 radical (unpaired) electrons. The first-order valence-electron chi connectivity index (χ1n) is 6.13. The number of rotatable bonds is 5. The zero-order valence-corrected chi connectivity index (χ0v) is 12.1. The fourth-order valence-corrected chi connectivity index (χ4v) is 2.19. The minimum atomic E-state index is -2.97. The van der Waals surface area contributed by atoms with Crippen LogP contribution in [0.5, 0.6) is 0 Å². The lowest BCUT2D eigenvalue weighted by molar-refractivity contribution is 0.602. The maximum Gasteiger partial charge on any atom is 0.152 e. The second-order valence-electron chi connectivity index (χ2n) is 4.89. The maximum absolute atomic E-state index is 11.1. The molecule has 7 heteroatoms. The SMILES string of the molecule is CC(C)c1cc2c(NCCS(C)(=O)=O)nccn2n1. The van der Waals surface area contributed by atoms with Gasteiger partial charge in [0.25, 0.3) is 0 Å². The molecule has 0 aromatic carbocycles. The molecule has 0 unspecified atom stereocenters. The fraction of sp³-hybridized carbons (Fsp3) is 0.500. The van der Waals surface area contributed by atoms with Gasteiger partial charge < -0.3 is 5.32 Å². The lowest BCUT2D eigenvalue weighted by Gasteiger charge is -2.05. The van der Waals surface area contributed by atoms with E-state index in [1.807, 2.05) is 6.07 Å². The van der Waals surface area contributed by atoms with Crippen LogP contribution in [0.4, 0.5) is 5.82 Å². The smallest absolute Gasteiger partial charge is 0.152 e. The molecule has 6 nitrogen and oxygen atoms in total. The van der Waals surface area contributed by atoms with E-state index in [0.29, 0.717) is 18.3 Å². The zero-order valence-electron chi connectivity index (χ0n) is 11.3. The van der Waals surface area contributed by atoms with Crippen LogP contribution in [0, 0.1) is 0 Å². The second kappa shape index (κ2) is 5.16. The molecule has 1 N–H and O–H groups in total. The van der Waals surface area contributed by atoms with E-state index in [0.717, 1.165) is 11.2 Å². The van der Waals surface area contributed by atoms with Crippen molar-refractivity contribution in [3.8, 4) is 0 Å². The highest BCUT2D eigenvalue weighted by Crippen LogP contribution is 2.19. The van der Waals surface area contributed by atoms with Crippen LogP contribution in [0.25, 0.3) is 5.52 Å². The lowest BCUT2D eigenvalue weighted by Crippen LogP contribution is -2.15. The summed E-state index contributed by atoms with van der Waals surface area (Å²) >= 11 is 0. The van der Waals surface area contributed by atoms with Crippen molar-refractivity contribution in [3.63, 3.8) is 0 Å². The van der Waals surface area contributed by atoms with E-state index in [1.54, 1.807) is 16.9 Å². The topological polar surface area (TPSA) is 76.4 Å². The van der Waals surface area contributed by atoms with Gasteiger partial charge >= 0.3 is 0 Å². The largest absolute Gasteiger partial charge is 0.367 e. The number of aromatic nitrogens is 3. The Labute approximate surface area is 112 Å². The van der Waals surface area contributed by atoms with E-state index in [9.17, 15) is 8.42 Å². The van der Waals surface area contributed by atoms with Crippen molar-refractivity contribution >= 4 is 21.2 Å². The number of nitrogens with one attached hydrogen (secondary N) is 1. The summed E-state index contributed by atoms with van der Waals surface area (Å²) in [7, 11) is -2.97. The Morgan fingerprint density at radius 2 is 2.16 bits per heavy atom. The van der Waals surface area contributed by atoms with Crippen LogP contribution in [0.15, 0.2) is 18.5 Å². The van der Waals surface area contributed by atoms with Crippen LogP contribution < -0.4 is 5.32 Å². The maximum atomic E-state index is 11.1. The molecule has 0 fully saturated rings. The number of hydrogen-bond donors (Lipinski definition) is 1. The van der Waals surface area contributed by atoms with Crippen LogP contribution in [-0.2, 0) is 9.84 Å². The van der Waals surface area contributed by atoms with Crippen molar-refractivity contribution in [1.82, 2.24) is 14.6 Å². The Bertz CT molecular complexity index is 676. The highest BCUT2D eigenvalue weighted by molar-refractivity contribution is 7.90. The van der Waals surface area contributed by atoms with Gasteiger partial charge in [0, 0.05) is 25.2 Å². The molecule has 0 atom stereocenters. The molecule has 104 valence electrons. The van der Waals surface area contributed by atoms with Crippen LogP contribution in [0.3, 0.4) is 0 Å². The predicted octanol–water partition coefficient (Wildman–Crippen LogP) is 1.31. The van der Waals surface area contributed by atoms with Crippen LogP contribution >= 0.6 is 0 Å². The molecule has 0 spiro atoms. The molecular weight excluding hydrogens is 264 g/mol. The summed E-state index contributed by atoms with van der Waals surface area (Å²) in [5, 5.41) is 7.49. The van der Waals surface area contributed by atoms with Gasteiger partial charge in [-0.25, -0.2) is 17.9 Å². The summed E-state index contributed by atoms with van der Waals surface area (Å²) in [6.45, 7) is 4.49. The quantitative estimate of drug-likeness (QED) is 0.894. The Kier molecular flexibility index (Phi) is 3.75. The summed E-state index contributed by atoms with van der Waals surface area (Å²) < 4.78 is 24.0. The number of nitrogens with zero attached hydrogens (tertiary/aromatic N) is 3. The van der Waals surface area contributed by atoms with Gasteiger partial charge in [-0.2, -0.15) is 5.10 Å². The molecule has 2 heterocycles. The molecule has 19 heavy (non-hydrogen) atoms. The minimum Gasteiger partial charge on any atom is -0.367 e. The monoisotopic (exact) mass is 282 g/mol. The van der Waals surface area contributed by atoms with E-state index in [4.69, 9.17) is 0 Å². The minimum absolute atomic E-state index is 0.0842. The molecule has 0 saturated carbocycles.